The zero-order valence-corrected chi connectivity index (χ0v) is 12.7. The third-order valence-electron chi connectivity index (χ3n) is 3.51. The van der Waals surface area contributed by atoms with Gasteiger partial charge in [0.15, 0.2) is 0 Å². The average molecular weight is 289 g/mol. The normalized spacial score (nSPS) is 12.4. The van der Waals surface area contributed by atoms with E-state index in [4.69, 9.17) is 0 Å². The molecule has 0 aliphatic rings. The number of hydrogen-bond acceptors (Lipinski definition) is 1. The number of nitrogens with one attached hydrogen (secondary N) is 1. The molecule has 0 saturated carbocycles. The van der Waals surface area contributed by atoms with Crippen molar-refractivity contribution in [2.45, 2.75) is 33.2 Å². The molecule has 2 aromatic rings. The van der Waals surface area contributed by atoms with Gasteiger partial charge in [-0.25, -0.2) is 8.78 Å². The van der Waals surface area contributed by atoms with Gasteiger partial charge in [0, 0.05) is 11.6 Å². The van der Waals surface area contributed by atoms with Crippen molar-refractivity contribution < 1.29 is 8.78 Å². The second-order valence-corrected chi connectivity index (χ2v) is 5.48. The molecule has 0 aromatic heterocycles. The Hall–Kier alpha value is -1.74. The number of likely N-dealkylation sites (N-methyl/N-ethyl adjacent to an activating group) is 1. The van der Waals surface area contributed by atoms with Crippen molar-refractivity contribution in [3.8, 4) is 0 Å². The molecule has 0 heterocycles. The first kappa shape index (κ1) is 15.6. The second-order valence-electron chi connectivity index (χ2n) is 5.48. The van der Waals surface area contributed by atoms with Crippen LogP contribution in [0.4, 0.5) is 8.78 Å². The Morgan fingerprint density at radius 3 is 2.29 bits per heavy atom. The van der Waals surface area contributed by atoms with Gasteiger partial charge in [0.2, 0.25) is 0 Å². The molecule has 1 nitrogen and oxygen atoms in total. The fourth-order valence-electron chi connectivity index (χ4n) is 2.74. The Bertz CT molecular complexity index is 602. The molecular weight excluding hydrogens is 268 g/mol. The number of benzene rings is 2. The number of aryl methyl sites for hydroxylation is 2. The maximum absolute atomic E-state index is 14.0. The van der Waals surface area contributed by atoms with E-state index in [1.807, 2.05) is 20.8 Å². The van der Waals surface area contributed by atoms with Gasteiger partial charge in [0.05, 0.1) is 0 Å². The van der Waals surface area contributed by atoms with E-state index in [9.17, 15) is 8.78 Å². The first-order valence-corrected chi connectivity index (χ1v) is 7.25. The maximum Gasteiger partial charge on any atom is 0.128 e. The number of rotatable bonds is 5. The van der Waals surface area contributed by atoms with Crippen LogP contribution >= 0.6 is 0 Å². The predicted octanol–water partition coefficient (Wildman–Crippen LogP) is 4.47. The highest BCUT2D eigenvalue weighted by Crippen LogP contribution is 2.23. The van der Waals surface area contributed by atoms with E-state index in [2.05, 4.69) is 23.5 Å². The topological polar surface area (TPSA) is 12.0 Å². The zero-order chi connectivity index (χ0) is 15.4. The highest BCUT2D eigenvalue weighted by Gasteiger charge is 2.16. The largest absolute Gasteiger partial charge is 0.310 e. The van der Waals surface area contributed by atoms with Gasteiger partial charge in [-0.2, -0.15) is 0 Å². The SMILES string of the molecule is CCNC(Cc1cc(C)cc(C)c1)c1cc(F)ccc1F. The highest BCUT2D eigenvalue weighted by molar-refractivity contribution is 5.31. The Balaban J connectivity index is 2.32. The van der Waals surface area contributed by atoms with Gasteiger partial charge in [-0.15, -0.1) is 0 Å². The lowest BCUT2D eigenvalue weighted by Crippen LogP contribution is -2.24. The van der Waals surface area contributed by atoms with Crippen LogP contribution < -0.4 is 5.32 Å². The summed E-state index contributed by atoms with van der Waals surface area (Å²) in [5, 5.41) is 3.25. The van der Waals surface area contributed by atoms with Crippen LogP contribution in [0.25, 0.3) is 0 Å². The lowest BCUT2D eigenvalue weighted by Gasteiger charge is -2.20. The molecule has 0 bridgehead atoms. The molecule has 0 aliphatic heterocycles. The summed E-state index contributed by atoms with van der Waals surface area (Å²) in [4.78, 5) is 0. The van der Waals surface area contributed by atoms with E-state index in [1.165, 1.54) is 23.3 Å². The third kappa shape index (κ3) is 4.11. The molecule has 1 unspecified atom stereocenters. The molecular formula is C18H21F2N. The minimum atomic E-state index is -0.408. The smallest absolute Gasteiger partial charge is 0.128 e. The van der Waals surface area contributed by atoms with Crippen LogP contribution in [0, 0.1) is 25.5 Å². The van der Waals surface area contributed by atoms with E-state index in [0.717, 1.165) is 11.6 Å². The van der Waals surface area contributed by atoms with Crippen LogP contribution in [0.15, 0.2) is 36.4 Å². The molecule has 112 valence electrons. The monoisotopic (exact) mass is 289 g/mol. The van der Waals surface area contributed by atoms with Gasteiger partial charge in [0.1, 0.15) is 11.6 Å². The fourth-order valence-corrected chi connectivity index (χ4v) is 2.74. The molecule has 0 fully saturated rings. The van der Waals surface area contributed by atoms with Gasteiger partial charge >= 0.3 is 0 Å². The van der Waals surface area contributed by atoms with Gasteiger partial charge in [-0.05, 0) is 50.6 Å². The zero-order valence-electron chi connectivity index (χ0n) is 12.7. The van der Waals surface area contributed by atoms with E-state index < -0.39 is 5.82 Å². The lowest BCUT2D eigenvalue weighted by atomic mass is 9.96. The molecule has 0 radical (unpaired) electrons. The van der Waals surface area contributed by atoms with Crippen molar-refractivity contribution in [2.75, 3.05) is 6.54 Å². The summed E-state index contributed by atoms with van der Waals surface area (Å²) < 4.78 is 27.4. The van der Waals surface area contributed by atoms with Crippen LogP contribution in [0.5, 0.6) is 0 Å². The van der Waals surface area contributed by atoms with Crippen molar-refractivity contribution >= 4 is 0 Å². The van der Waals surface area contributed by atoms with Crippen LogP contribution in [-0.4, -0.2) is 6.54 Å². The molecule has 0 amide bonds. The molecule has 0 spiro atoms. The fraction of sp³-hybridized carbons (Fsp3) is 0.333. The second kappa shape index (κ2) is 6.81. The summed E-state index contributed by atoms with van der Waals surface area (Å²) in [5.74, 6) is -0.776. The molecule has 3 heteroatoms. The molecule has 0 saturated heterocycles. The average Bonchev–Trinajstić information content (AvgIpc) is 2.40. The summed E-state index contributed by atoms with van der Waals surface area (Å²) >= 11 is 0. The first-order chi connectivity index (χ1) is 9.99. The molecule has 2 rings (SSSR count). The van der Waals surface area contributed by atoms with Gasteiger partial charge in [-0.3, -0.25) is 0 Å². The Morgan fingerprint density at radius 2 is 1.67 bits per heavy atom. The molecule has 1 N–H and O–H groups in total. The molecule has 0 aliphatic carbocycles. The van der Waals surface area contributed by atoms with Crippen LogP contribution in [0.3, 0.4) is 0 Å². The quantitative estimate of drug-likeness (QED) is 0.856. The highest BCUT2D eigenvalue weighted by atomic mass is 19.1. The van der Waals surface area contributed by atoms with E-state index in [0.29, 0.717) is 18.5 Å². The minimum Gasteiger partial charge on any atom is -0.310 e. The summed E-state index contributed by atoms with van der Waals surface area (Å²) in [6.07, 6.45) is 0.636. The van der Waals surface area contributed by atoms with Crippen LogP contribution in [-0.2, 0) is 6.42 Å². The number of hydrogen-bond donors (Lipinski definition) is 1. The first-order valence-electron chi connectivity index (χ1n) is 7.25. The summed E-state index contributed by atoms with van der Waals surface area (Å²) in [7, 11) is 0. The van der Waals surface area contributed by atoms with E-state index in [-0.39, 0.29) is 11.9 Å². The van der Waals surface area contributed by atoms with Crippen molar-refractivity contribution in [1.82, 2.24) is 5.32 Å². The minimum absolute atomic E-state index is 0.230. The predicted molar refractivity (Wildman–Crippen MR) is 82.4 cm³/mol. The van der Waals surface area contributed by atoms with Crippen molar-refractivity contribution in [1.29, 1.82) is 0 Å². The van der Waals surface area contributed by atoms with Gasteiger partial charge < -0.3 is 5.32 Å². The van der Waals surface area contributed by atoms with Crippen molar-refractivity contribution in [2.24, 2.45) is 0 Å². The van der Waals surface area contributed by atoms with Crippen LogP contribution in [0.1, 0.15) is 35.2 Å². The Morgan fingerprint density at radius 1 is 1.00 bits per heavy atom. The van der Waals surface area contributed by atoms with Gasteiger partial charge in [-0.1, -0.05) is 36.2 Å². The van der Waals surface area contributed by atoms with Crippen molar-refractivity contribution in [3.63, 3.8) is 0 Å². The van der Waals surface area contributed by atoms with E-state index in [1.54, 1.807) is 0 Å². The summed E-state index contributed by atoms with van der Waals surface area (Å²) in [6.45, 7) is 6.75. The van der Waals surface area contributed by atoms with Crippen molar-refractivity contribution in [3.05, 3.63) is 70.3 Å². The summed E-state index contributed by atoms with van der Waals surface area (Å²) in [6, 6.07) is 9.69. The third-order valence-corrected chi connectivity index (χ3v) is 3.51. The molecule has 1 atom stereocenters. The lowest BCUT2D eigenvalue weighted by molar-refractivity contribution is 0.502. The van der Waals surface area contributed by atoms with Gasteiger partial charge in [0.25, 0.3) is 0 Å². The maximum atomic E-state index is 14.0. The van der Waals surface area contributed by atoms with E-state index >= 15 is 0 Å². The summed E-state index contributed by atoms with van der Waals surface area (Å²) in [5.41, 5.74) is 3.87. The number of halogens is 2. The molecule has 21 heavy (non-hydrogen) atoms. The Labute approximate surface area is 125 Å². The molecule has 2 aromatic carbocycles. The van der Waals surface area contributed by atoms with Crippen LogP contribution in [0.2, 0.25) is 0 Å². The Kier molecular flexibility index (Phi) is 5.07. The standard InChI is InChI=1S/C18H21F2N/c1-4-21-18(16-11-15(19)5-6-17(16)20)10-14-8-12(2)7-13(3)9-14/h5-9,11,18,21H,4,10H2,1-3H3.